The van der Waals surface area contributed by atoms with Gasteiger partial charge < -0.3 is 4.74 Å². The van der Waals surface area contributed by atoms with Gasteiger partial charge >= 0.3 is 5.97 Å². The highest BCUT2D eigenvalue weighted by atomic mass is 16.5. The fourth-order valence-corrected chi connectivity index (χ4v) is 1.82. The van der Waals surface area contributed by atoms with Crippen molar-refractivity contribution < 1.29 is 14.3 Å². The van der Waals surface area contributed by atoms with Gasteiger partial charge in [-0.15, -0.1) is 0 Å². The van der Waals surface area contributed by atoms with Crippen LogP contribution in [0.15, 0.2) is 12.2 Å². The highest BCUT2D eigenvalue weighted by molar-refractivity contribution is 6.38. The summed E-state index contributed by atoms with van der Waals surface area (Å²) in [6, 6.07) is 0. The summed E-state index contributed by atoms with van der Waals surface area (Å²) in [5.74, 6) is -1.22. The molecule has 0 amide bonds. The first-order chi connectivity index (χ1) is 7.74. The maximum absolute atomic E-state index is 11.4. The molecule has 0 atom stereocenters. The summed E-state index contributed by atoms with van der Waals surface area (Å²) in [5, 5.41) is 0. The van der Waals surface area contributed by atoms with Gasteiger partial charge in [-0.25, -0.2) is 4.79 Å². The molecule has 1 saturated carbocycles. The third-order valence-electron chi connectivity index (χ3n) is 2.75. The normalized spacial score (nSPS) is 17.6. The third-order valence-corrected chi connectivity index (χ3v) is 2.75. The van der Waals surface area contributed by atoms with Crippen molar-refractivity contribution in [1.82, 2.24) is 0 Å². The zero-order valence-electron chi connectivity index (χ0n) is 9.91. The van der Waals surface area contributed by atoms with E-state index in [0.717, 1.165) is 38.5 Å². The van der Waals surface area contributed by atoms with Crippen LogP contribution < -0.4 is 0 Å². The van der Waals surface area contributed by atoms with Crippen LogP contribution in [0.3, 0.4) is 0 Å². The molecule has 0 bridgehead atoms. The monoisotopic (exact) mass is 224 g/mol. The Labute approximate surface area is 96.9 Å². The van der Waals surface area contributed by atoms with Gasteiger partial charge in [-0.2, -0.15) is 0 Å². The number of carbonyl (C=O) groups excluding carboxylic acids is 2. The first-order valence-electron chi connectivity index (χ1n) is 6.15. The molecule has 0 radical (unpaired) electrons. The summed E-state index contributed by atoms with van der Waals surface area (Å²) in [4.78, 5) is 22.7. The zero-order chi connectivity index (χ0) is 11.8. The number of ketones is 1. The van der Waals surface area contributed by atoms with Gasteiger partial charge in [-0.05, 0) is 38.2 Å². The van der Waals surface area contributed by atoms with Crippen LogP contribution in [0.4, 0.5) is 0 Å². The van der Waals surface area contributed by atoms with Crippen molar-refractivity contribution in [2.75, 3.05) is 0 Å². The van der Waals surface area contributed by atoms with Gasteiger partial charge in [-0.3, -0.25) is 4.79 Å². The van der Waals surface area contributed by atoms with E-state index in [9.17, 15) is 9.59 Å². The fraction of sp³-hybridized carbons (Fsp3) is 0.692. The number of hydrogen-bond acceptors (Lipinski definition) is 3. The molecular formula is C13H20O3. The topological polar surface area (TPSA) is 43.4 Å². The first-order valence-corrected chi connectivity index (χ1v) is 6.15. The Kier molecular flexibility index (Phi) is 5.83. The summed E-state index contributed by atoms with van der Waals surface area (Å²) < 4.78 is 5.14. The van der Waals surface area contributed by atoms with E-state index in [4.69, 9.17) is 4.74 Å². The number of unbranched alkanes of at least 4 members (excludes halogenated alkanes) is 1. The van der Waals surface area contributed by atoms with E-state index in [2.05, 4.69) is 0 Å². The molecule has 1 aliphatic carbocycles. The summed E-state index contributed by atoms with van der Waals surface area (Å²) in [7, 11) is 0. The maximum Gasteiger partial charge on any atom is 0.379 e. The molecule has 0 aromatic carbocycles. The Morgan fingerprint density at radius 3 is 2.56 bits per heavy atom. The van der Waals surface area contributed by atoms with Crippen LogP contribution in [-0.4, -0.2) is 17.9 Å². The second-order valence-electron chi connectivity index (χ2n) is 4.22. The second-order valence-corrected chi connectivity index (χ2v) is 4.22. The van der Waals surface area contributed by atoms with Crippen LogP contribution in [0, 0.1) is 0 Å². The maximum atomic E-state index is 11.4. The number of hydrogen-bond donors (Lipinski definition) is 0. The number of allylic oxidation sites excluding steroid dienone is 1. The lowest BCUT2D eigenvalue weighted by Gasteiger charge is -2.20. The van der Waals surface area contributed by atoms with Gasteiger partial charge in [0, 0.05) is 0 Å². The smallest absolute Gasteiger partial charge is 0.379 e. The van der Waals surface area contributed by atoms with E-state index in [1.807, 2.05) is 6.92 Å². The largest absolute Gasteiger partial charge is 0.456 e. The molecule has 3 nitrogen and oxygen atoms in total. The van der Waals surface area contributed by atoms with Gasteiger partial charge in [-0.1, -0.05) is 25.8 Å². The van der Waals surface area contributed by atoms with Gasteiger partial charge in [0.25, 0.3) is 5.78 Å². The molecule has 0 spiro atoms. The highest BCUT2D eigenvalue weighted by Crippen LogP contribution is 2.20. The molecule has 0 N–H and O–H groups in total. The van der Waals surface area contributed by atoms with Crippen LogP contribution in [0.2, 0.25) is 0 Å². The third kappa shape index (κ3) is 4.60. The molecule has 16 heavy (non-hydrogen) atoms. The van der Waals surface area contributed by atoms with Gasteiger partial charge in [0.15, 0.2) is 0 Å². The van der Waals surface area contributed by atoms with Crippen LogP contribution in [-0.2, 0) is 14.3 Å². The molecular weight excluding hydrogens is 204 g/mol. The van der Waals surface area contributed by atoms with Gasteiger partial charge in [0.2, 0.25) is 0 Å². The highest BCUT2D eigenvalue weighted by Gasteiger charge is 2.20. The molecule has 0 aromatic heterocycles. The standard InChI is InChI=1S/C13H20O3/c1-2-3-5-10-12(14)13(15)16-11-8-6-4-7-9-11/h5,10-11H,2-4,6-9H2,1H3. The van der Waals surface area contributed by atoms with Gasteiger partial charge in [0.05, 0.1) is 0 Å². The average molecular weight is 224 g/mol. The lowest BCUT2D eigenvalue weighted by molar-refractivity contribution is -0.157. The molecule has 1 rings (SSSR count). The minimum atomic E-state index is -0.695. The molecule has 3 heteroatoms. The molecule has 1 aliphatic rings. The van der Waals surface area contributed by atoms with Crippen molar-refractivity contribution in [1.29, 1.82) is 0 Å². The molecule has 0 unspecified atom stereocenters. The van der Waals surface area contributed by atoms with E-state index in [1.165, 1.54) is 12.5 Å². The molecule has 0 saturated heterocycles. The Morgan fingerprint density at radius 2 is 1.94 bits per heavy atom. The Hall–Kier alpha value is -1.12. The molecule has 0 heterocycles. The van der Waals surface area contributed by atoms with E-state index < -0.39 is 11.8 Å². The minimum Gasteiger partial charge on any atom is -0.456 e. The second kappa shape index (κ2) is 7.20. The van der Waals surface area contributed by atoms with E-state index in [1.54, 1.807) is 6.08 Å². The Morgan fingerprint density at radius 1 is 1.25 bits per heavy atom. The van der Waals surface area contributed by atoms with Crippen molar-refractivity contribution in [2.45, 2.75) is 58.0 Å². The number of rotatable bonds is 5. The molecule has 0 aliphatic heterocycles. The SMILES string of the molecule is CCCC=CC(=O)C(=O)OC1CCCCC1. The van der Waals surface area contributed by atoms with Gasteiger partial charge in [0.1, 0.15) is 6.10 Å². The van der Waals surface area contributed by atoms with E-state index >= 15 is 0 Å². The van der Waals surface area contributed by atoms with Crippen LogP contribution in [0.25, 0.3) is 0 Å². The number of carbonyl (C=O) groups is 2. The Balaban J connectivity index is 2.30. The van der Waals surface area contributed by atoms with Crippen molar-refractivity contribution in [2.24, 2.45) is 0 Å². The van der Waals surface area contributed by atoms with Crippen molar-refractivity contribution in [3.05, 3.63) is 12.2 Å². The summed E-state index contributed by atoms with van der Waals surface area (Å²) in [5.41, 5.74) is 0. The van der Waals surface area contributed by atoms with Crippen molar-refractivity contribution in [3.8, 4) is 0 Å². The molecule has 0 aromatic rings. The summed E-state index contributed by atoms with van der Waals surface area (Å²) in [6.45, 7) is 2.02. The predicted molar refractivity (Wildman–Crippen MR) is 62.0 cm³/mol. The zero-order valence-corrected chi connectivity index (χ0v) is 9.91. The number of ether oxygens (including phenoxy) is 1. The predicted octanol–water partition coefficient (Wildman–Crippen LogP) is 2.79. The van der Waals surface area contributed by atoms with E-state index in [0.29, 0.717) is 0 Å². The summed E-state index contributed by atoms with van der Waals surface area (Å²) in [6.07, 6.45) is 10.0. The fourth-order valence-electron chi connectivity index (χ4n) is 1.82. The minimum absolute atomic E-state index is 0.0372. The van der Waals surface area contributed by atoms with Crippen LogP contribution >= 0.6 is 0 Å². The first kappa shape index (κ1) is 12.9. The summed E-state index contributed by atoms with van der Waals surface area (Å²) >= 11 is 0. The van der Waals surface area contributed by atoms with Crippen LogP contribution in [0.1, 0.15) is 51.9 Å². The quantitative estimate of drug-likeness (QED) is 0.410. The lowest BCUT2D eigenvalue weighted by Crippen LogP contribution is -2.25. The van der Waals surface area contributed by atoms with Crippen molar-refractivity contribution in [3.63, 3.8) is 0 Å². The van der Waals surface area contributed by atoms with Crippen LogP contribution in [0.5, 0.6) is 0 Å². The molecule has 1 fully saturated rings. The van der Waals surface area contributed by atoms with Crippen molar-refractivity contribution >= 4 is 11.8 Å². The Bertz CT molecular complexity index is 262. The molecule has 90 valence electrons. The number of esters is 1. The average Bonchev–Trinajstić information content (AvgIpc) is 2.30. The van der Waals surface area contributed by atoms with E-state index in [-0.39, 0.29) is 6.10 Å². The lowest BCUT2D eigenvalue weighted by atomic mass is 9.98.